The van der Waals surface area contributed by atoms with Crippen LogP contribution in [0.25, 0.3) is 0 Å². The van der Waals surface area contributed by atoms with E-state index in [9.17, 15) is 26.4 Å². The third-order valence-electron chi connectivity index (χ3n) is 4.20. The molecule has 2 aromatic rings. The van der Waals surface area contributed by atoms with E-state index in [1.165, 1.54) is 31.2 Å². The SMILES string of the molecule is CCC(C)C(=O)NS(=O)(=O)c1cc(C)cc(S(=O)(=O)NC(=O)c2ccccc2)c1. The Morgan fingerprint density at radius 1 is 0.897 bits per heavy atom. The van der Waals surface area contributed by atoms with Crippen LogP contribution in [0.5, 0.6) is 0 Å². The summed E-state index contributed by atoms with van der Waals surface area (Å²) in [5.41, 5.74) is 0.466. The molecular formula is C19H22N2O6S2. The van der Waals surface area contributed by atoms with Crippen LogP contribution in [0.15, 0.2) is 58.3 Å². The summed E-state index contributed by atoms with van der Waals surface area (Å²) in [5, 5.41) is 0. The van der Waals surface area contributed by atoms with Gasteiger partial charge in [0.05, 0.1) is 9.79 Å². The third kappa shape index (κ3) is 5.64. The van der Waals surface area contributed by atoms with Crippen LogP contribution in [0.2, 0.25) is 0 Å². The largest absolute Gasteiger partial charge is 0.274 e. The minimum atomic E-state index is -4.34. The molecule has 2 N–H and O–H groups in total. The molecule has 29 heavy (non-hydrogen) atoms. The van der Waals surface area contributed by atoms with Crippen molar-refractivity contribution in [1.82, 2.24) is 9.44 Å². The average molecular weight is 439 g/mol. The van der Waals surface area contributed by atoms with Gasteiger partial charge >= 0.3 is 0 Å². The van der Waals surface area contributed by atoms with Crippen molar-refractivity contribution in [2.45, 2.75) is 37.0 Å². The fourth-order valence-corrected chi connectivity index (χ4v) is 4.72. The van der Waals surface area contributed by atoms with Crippen molar-refractivity contribution in [3.8, 4) is 0 Å². The van der Waals surface area contributed by atoms with Gasteiger partial charge in [0.15, 0.2) is 0 Å². The number of hydrogen-bond donors (Lipinski definition) is 2. The molecule has 0 radical (unpaired) electrons. The molecule has 0 saturated carbocycles. The molecule has 8 nitrogen and oxygen atoms in total. The second-order valence-electron chi connectivity index (χ2n) is 6.56. The predicted octanol–water partition coefficient (Wildman–Crippen LogP) is 1.96. The van der Waals surface area contributed by atoms with Crippen molar-refractivity contribution in [3.05, 3.63) is 59.7 Å². The van der Waals surface area contributed by atoms with E-state index in [1.54, 1.807) is 32.0 Å². The van der Waals surface area contributed by atoms with Crippen LogP contribution in [-0.2, 0) is 24.8 Å². The Hall–Kier alpha value is -2.72. The van der Waals surface area contributed by atoms with E-state index < -0.39 is 42.7 Å². The average Bonchev–Trinajstić information content (AvgIpc) is 2.66. The zero-order valence-electron chi connectivity index (χ0n) is 16.2. The molecule has 0 saturated heterocycles. The molecule has 0 spiro atoms. The van der Waals surface area contributed by atoms with Crippen molar-refractivity contribution in [3.63, 3.8) is 0 Å². The Morgan fingerprint density at radius 2 is 1.41 bits per heavy atom. The van der Waals surface area contributed by atoms with E-state index in [4.69, 9.17) is 0 Å². The number of nitrogens with one attached hydrogen (secondary N) is 2. The van der Waals surface area contributed by atoms with Crippen molar-refractivity contribution >= 4 is 31.9 Å². The number of aryl methyl sites for hydroxylation is 1. The molecule has 1 unspecified atom stereocenters. The van der Waals surface area contributed by atoms with Gasteiger partial charge in [0.25, 0.3) is 26.0 Å². The molecule has 0 heterocycles. The molecule has 0 bridgehead atoms. The fourth-order valence-electron chi connectivity index (χ4n) is 2.33. The molecule has 156 valence electrons. The number of benzene rings is 2. The van der Waals surface area contributed by atoms with Crippen LogP contribution in [-0.4, -0.2) is 28.6 Å². The summed E-state index contributed by atoms with van der Waals surface area (Å²) in [4.78, 5) is 23.4. The first-order chi connectivity index (χ1) is 13.5. The Morgan fingerprint density at radius 3 is 1.93 bits per heavy atom. The second-order valence-corrected chi connectivity index (χ2v) is 9.93. The minimum Gasteiger partial charge on any atom is -0.274 e. The van der Waals surface area contributed by atoms with Gasteiger partial charge in [-0.1, -0.05) is 32.0 Å². The molecule has 1 atom stereocenters. The van der Waals surface area contributed by atoms with Gasteiger partial charge in [-0.05, 0) is 49.2 Å². The van der Waals surface area contributed by atoms with Gasteiger partial charge in [-0.3, -0.25) is 9.59 Å². The van der Waals surface area contributed by atoms with Gasteiger partial charge in [0, 0.05) is 11.5 Å². The molecule has 2 rings (SSSR count). The van der Waals surface area contributed by atoms with Crippen LogP contribution in [0.1, 0.15) is 36.2 Å². The lowest BCUT2D eigenvalue weighted by Crippen LogP contribution is -2.35. The number of carbonyl (C=O) groups excluding carboxylic acids is 2. The molecule has 0 aromatic heterocycles. The predicted molar refractivity (Wildman–Crippen MR) is 107 cm³/mol. The number of amides is 2. The quantitative estimate of drug-likeness (QED) is 0.680. The molecule has 0 aliphatic heterocycles. The van der Waals surface area contributed by atoms with Gasteiger partial charge in [0.1, 0.15) is 0 Å². The van der Waals surface area contributed by atoms with E-state index in [0.717, 1.165) is 6.07 Å². The summed E-state index contributed by atoms with van der Waals surface area (Å²) in [7, 11) is -8.62. The molecule has 0 fully saturated rings. The van der Waals surface area contributed by atoms with Gasteiger partial charge in [-0.2, -0.15) is 0 Å². The smallest absolute Gasteiger partial charge is 0.264 e. The fraction of sp³-hybridized carbons (Fsp3) is 0.263. The standard InChI is InChI=1S/C19H22N2O6S2/c1-4-14(3)18(22)20-28(24,25)16-10-13(2)11-17(12-16)29(26,27)21-19(23)15-8-6-5-7-9-15/h5-12,14H,4H2,1-3H3,(H,20,22)(H,21,23). The second kappa shape index (κ2) is 8.75. The highest BCUT2D eigenvalue weighted by molar-refractivity contribution is 7.91. The van der Waals surface area contributed by atoms with Crippen molar-refractivity contribution < 1.29 is 26.4 Å². The van der Waals surface area contributed by atoms with Crippen LogP contribution >= 0.6 is 0 Å². The molecule has 2 aromatic carbocycles. The summed E-state index contributed by atoms with van der Waals surface area (Å²) in [6.07, 6.45) is 0.445. The number of carbonyl (C=O) groups is 2. The first-order valence-corrected chi connectivity index (χ1v) is 11.7. The van der Waals surface area contributed by atoms with Gasteiger partial charge in [-0.15, -0.1) is 0 Å². The van der Waals surface area contributed by atoms with Crippen LogP contribution in [0.4, 0.5) is 0 Å². The lowest BCUT2D eigenvalue weighted by molar-refractivity contribution is -0.122. The summed E-state index contributed by atoms with van der Waals surface area (Å²) < 4.78 is 54.1. The molecule has 10 heteroatoms. The lowest BCUT2D eigenvalue weighted by atomic mass is 10.1. The molecule has 0 aliphatic carbocycles. The summed E-state index contributed by atoms with van der Waals surface area (Å²) in [6.45, 7) is 4.83. The van der Waals surface area contributed by atoms with E-state index in [-0.39, 0.29) is 10.5 Å². The van der Waals surface area contributed by atoms with Crippen molar-refractivity contribution in [2.75, 3.05) is 0 Å². The van der Waals surface area contributed by atoms with E-state index >= 15 is 0 Å². The summed E-state index contributed by atoms with van der Waals surface area (Å²) in [6, 6.07) is 11.1. The normalized spacial score (nSPS) is 12.8. The van der Waals surface area contributed by atoms with Crippen molar-refractivity contribution in [2.24, 2.45) is 5.92 Å². The molecule has 2 amide bonds. The lowest BCUT2D eigenvalue weighted by Gasteiger charge is -2.13. The Kier molecular flexibility index (Phi) is 6.81. The van der Waals surface area contributed by atoms with E-state index in [2.05, 4.69) is 0 Å². The number of rotatable bonds is 7. The first kappa shape index (κ1) is 22.6. The third-order valence-corrected chi connectivity index (χ3v) is 6.84. The summed E-state index contributed by atoms with van der Waals surface area (Å²) >= 11 is 0. The topological polar surface area (TPSA) is 126 Å². The maximum absolute atomic E-state index is 12.6. The van der Waals surface area contributed by atoms with Crippen LogP contribution < -0.4 is 9.44 Å². The Bertz CT molecular complexity index is 1130. The van der Waals surface area contributed by atoms with E-state index in [0.29, 0.717) is 12.0 Å². The molecular weight excluding hydrogens is 416 g/mol. The number of sulfonamides is 2. The Balaban J connectivity index is 2.36. The highest BCUT2D eigenvalue weighted by Crippen LogP contribution is 2.19. The monoisotopic (exact) mass is 438 g/mol. The highest BCUT2D eigenvalue weighted by Gasteiger charge is 2.25. The molecule has 0 aliphatic rings. The first-order valence-electron chi connectivity index (χ1n) is 8.77. The zero-order valence-corrected chi connectivity index (χ0v) is 17.8. The highest BCUT2D eigenvalue weighted by atomic mass is 32.2. The van der Waals surface area contributed by atoms with E-state index in [1.807, 2.05) is 9.44 Å². The van der Waals surface area contributed by atoms with Crippen LogP contribution in [0, 0.1) is 12.8 Å². The van der Waals surface area contributed by atoms with Crippen molar-refractivity contribution in [1.29, 1.82) is 0 Å². The maximum Gasteiger partial charge on any atom is 0.264 e. The van der Waals surface area contributed by atoms with Gasteiger partial charge in [0.2, 0.25) is 5.91 Å². The minimum absolute atomic E-state index is 0.136. The van der Waals surface area contributed by atoms with Gasteiger partial charge < -0.3 is 0 Å². The zero-order chi connectivity index (χ0) is 21.8. The maximum atomic E-state index is 12.6. The Labute approximate surface area is 170 Å². The van der Waals surface area contributed by atoms with Gasteiger partial charge in [-0.25, -0.2) is 26.3 Å². The summed E-state index contributed by atoms with van der Waals surface area (Å²) in [5.74, 6) is -2.06. The van der Waals surface area contributed by atoms with Crippen LogP contribution in [0.3, 0.4) is 0 Å². The number of hydrogen-bond acceptors (Lipinski definition) is 6.